The van der Waals surface area contributed by atoms with E-state index in [-0.39, 0.29) is 28.7 Å². The molecule has 0 aliphatic heterocycles. The number of hydrogen-bond donors (Lipinski definition) is 2. The molecule has 120 valence electrons. The molecular formula is C17H16O6. The zero-order valence-electron chi connectivity index (χ0n) is 12.6. The van der Waals surface area contributed by atoms with Crippen LogP contribution in [0.2, 0.25) is 0 Å². The topological polar surface area (TPSA) is 85.2 Å². The number of carbonyl (C=O) groups is 1. The van der Waals surface area contributed by atoms with E-state index in [1.54, 1.807) is 24.3 Å². The molecule has 23 heavy (non-hydrogen) atoms. The van der Waals surface area contributed by atoms with Gasteiger partial charge in [-0.2, -0.15) is 0 Å². The lowest BCUT2D eigenvalue weighted by molar-refractivity contribution is -0.128. The van der Waals surface area contributed by atoms with E-state index >= 15 is 0 Å². The summed E-state index contributed by atoms with van der Waals surface area (Å²) in [6.07, 6.45) is 2.71. The summed E-state index contributed by atoms with van der Waals surface area (Å²) in [5.41, 5.74) is 0.587. The van der Waals surface area contributed by atoms with Gasteiger partial charge < -0.3 is 24.4 Å². The van der Waals surface area contributed by atoms with E-state index in [0.29, 0.717) is 5.56 Å². The number of ether oxygens (including phenoxy) is 3. The predicted molar refractivity (Wildman–Crippen MR) is 84.0 cm³/mol. The normalized spacial score (nSPS) is 10.5. The van der Waals surface area contributed by atoms with Crippen LogP contribution < -0.4 is 14.2 Å². The number of phenols is 2. The molecule has 0 atom stereocenters. The minimum absolute atomic E-state index is 0.00675. The fourth-order valence-corrected chi connectivity index (χ4v) is 1.87. The average molecular weight is 316 g/mol. The Morgan fingerprint density at radius 3 is 2.26 bits per heavy atom. The van der Waals surface area contributed by atoms with Gasteiger partial charge in [0.05, 0.1) is 14.2 Å². The molecule has 2 N–H and O–H groups in total. The van der Waals surface area contributed by atoms with Gasteiger partial charge in [0.25, 0.3) is 0 Å². The summed E-state index contributed by atoms with van der Waals surface area (Å²) in [5.74, 6) is -0.0281. The summed E-state index contributed by atoms with van der Waals surface area (Å²) >= 11 is 0. The predicted octanol–water partition coefficient (Wildman–Crippen LogP) is 2.73. The number of methoxy groups -OCH3 is 2. The van der Waals surface area contributed by atoms with Crippen LogP contribution >= 0.6 is 0 Å². The largest absolute Gasteiger partial charge is 0.508 e. The van der Waals surface area contributed by atoms with Crippen LogP contribution in [0.25, 0.3) is 6.08 Å². The van der Waals surface area contributed by atoms with Crippen molar-refractivity contribution in [1.29, 1.82) is 0 Å². The third-order valence-corrected chi connectivity index (χ3v) is 2.95. The van der Waals surface area contributed by atoms with Crippen molar-refractivity contribution in [3.8, 4) is 28.7 Å². The Hall–Kier alpha value is -3.15. The van der Waals surface area contributed by atoms with Crippen molar-refractivity contribution in [3.63, 3.8) is 0 Å². The molecule has 6 nitrogen and oxygen atoms in total. The summed E-state index contributed by atoms with van der Waals surface area (Å²) < 4.78 is 15.1. The summed E-state index contributed by atoms with van der Waals surface area (Å²) in [5, 5.41) is 19.1. The van der Waals surface area contributed by atoms with Gasteiger partial charge in [0.1, 0.15) is 11.5 Å². The second kappa shape index (κ2) is 7.22. The van der Waals surface area contributed by atoms with E-state index in [1.165, 1.54) is 38.5 Å². The Bertz CT molecular complexity index is 711. The van der Waals surface area contributed by atoms with E-state index < -0.39 is 5.97 Å². The van der Waals surface area contributed by atoms with E-state index in [0.717, 1.165) is 0 Å². The molecule has 0 fully saturated rings. The number of esters is 1. The lowest BCUT2D eigenvalue weighted by Crippen LogP contribution is -2.03. The molecule has 0 saturated heterocycles. The second-order valence-electron chi connectivity index (χ2n) is 4.53. The maximum Gasteiger partial charge on any atom is 0.336 e. The van der Waals surface area contributed by atoms with Crippen molar-refractivity contribution in [2.75, 3.05) is 14.2 Å². The lowest BCUT2D eigenvalue weighted by Gasteiger charge is -2.09. The highest BCUT2D eigenvalue weighted by atomic mass is 16.5. The molecular weight excluding hydrogens is 300 g/mol. The SMILES string of the molecule is COc1cc(C=CC(=O)Oc2cccc(O)c2)cc(OC)c1O. The monoisotopic (exact) mass is 316 g/mol. The second-order valence-corrected chi connectivity index (χ2v) is 4.53. The number of carbonyl (C=O) groups excluding carboxylic acids is 1. The molecule has 0 heterocycles. The van der Waals surface area contributed by atoms with Gasteiger partial charge in [0.2, 0.25) is 5.75 Å². The van der Waals surface area contributed by atoms with Gasteiger partial charge in [-0.3, -0.25) is 0 Å². The van der Waals surface area contributed by atoms with Gasteiger partial charge in [-0.1, -0.05) is 6.07 Å². The first-order chi connectivity index (χ1) is 11.0. The number of benzene rings is 2. The molecule has 0 bridgehead atoms. The number of phenolic OH excluding ortho intramolecular Hbond substituents is 2. The maximum absolute atomic E-state index is 11.8. The quantitative estimate of drug-likeness (QED) is 0.501. The zero-order valence-corrected chi connectivity index (χ0v) is 12.6. The first-order valence-corrected chi connectivity index (χ1v) is 6.67. The minimum Gasteiger partial charge on any atom is -0.508 e. The van der Waals surface area contributed by atoms with Crippen molar-refractivity contribution in [1.82, 2.24) is 0 Å². The van der Waals surface area contributed by atoms with Gasteiger partial charge >= 0.3 is 5.97 Å². The highest BCUT2D eigenvalue weighted by molar-refractivity contribution is 5.89. The average Bonchev–Trinajstić information content (AvgIpc) is 2.53. The van der Waals surface area contributed by atoms with Crippen molar-refractivity contribution in [3.05, 3.63) is 48.0 Å². The molecule has 0 unspecified atom stereocenters. The fraction of sp³-hybridized carbons (Fsp3) is 0.118. The molecule has 0 spiro atoms. The fourth-order valence-electron chi connectivity index (χ4n) is 1.87. The molecule has 0 radical (unpaired) electrons. The third-order valence-electron chi connectivity index (χ3n) is 2.95. The minimum atomic E-state index is -0.610. The first kappa shape index (κ1) is 16.2. The molecule has 0 aliphatic rings. The van der Waals surface area contributed by atoms with Crippen LogP contribution in [0.15, 0.2) is 42.5 Å². The van der Waals surface area contributed by atoms with Crippen LogP contribution in [0, 0.1) is 0 Å². The molecule has 6 heteroatoms. The van der Waals surface area contributed by atoms with Gasteiger partial charge in [-0.05, 0) is 35.9 Å². The molecule has 0 aromatic heterocycles. The van der Waals surface area contributed by atoms with Crippen molar-refractivity contribution < 1.29 is 29.2 Å². The Labute approximate surface area is 133 Å². The maximum atomic E-state index is 11.8. The first-order valence-electron chi connectivity index (χ1n) is 6.67. The molecule has 2 rings (SSSR count). The van der Waals surface area contributed by atoms with Crippen LogP contribution in [0.5, 0.6) is 28.7 Å². The van der Waals surface area contributed by atoms with Gasteiger partial charge in [0.15, 0.2) is 11.5 Å². The van der Waals surface area contributed by atoms with Crippen molar-refractivity contribution >= 4 is 12.0 Å². The summed E-state index contributed by atoms with van der Waals surface area (Å²) in [4.78, 5) is 11.8. The van der Waals surface area contributed by atoms with Gasteiger partial charge in [-0.15, -0.1) is 0 Å². The van der Waals surface area contributed by atoms with E-state index in [2.05, 4.69) is 0 Å². The highest BCUT2D eigenvalue weighted by Crippen LogP contribution is 2.37. The van der Waals surface area contributed by atoms with Crippen molar-refractivity contribution in [2.45, 2.75) is 0 Å². The molecule has 2 aromatic carbocycles. The van der Waals surface area contributed by atoms with Gasteiger partial charge in [-0.25, -0.2) is 4.79 Å². The molecule has 0 aliphatic carbocycles. The van der Waals surface area contributed by atoms with E-state index in [9.17, 15) is 15.0 Å². The molecule has 2 aromatic rings. The standard InChI is InChI=1S/C17H16O6/c1-21-14-8-11(9-15(22-2)17(14)20)6-7-16(19)23-13-5-3-4-12(18)10-13/h3-10,18,20H,1-2H3. The Balaban J connectivity index is 2.14. The van der Waals surface area contributed by atoms with Crippen LogP contribution in [0.4, 0.5) is 0 Å². The van der Waals surface area contributed by atoms with Crippen molar-refractivity contribution in [2.24, 2.45) is 0 Å². The smallest absolute Gasteiger partial charge is 0.336 e. The third kappa shape index (κ3) is 4.16. The van der Waals surface area contributed by atoms with E-state index in [4.69, 9.17) is 14.2 Å². The van der Waals surface area contributed by atoms with Crippen LogP contribution in [-0.2, 0) is 4.79 Å². The highest BCUT2D eigenvalue weighted by Gasteiger charge is 2.10. The van der Waals surface area contributed by atoms with Crippen LogP contribution in [-0.4, -0.2) is 30.4 Å². The summed E-state index contributed by atoms with van der Waals surface area (Å²) in [7, 11) is 2.83. The molecule has 0 amide bonds. The molecule has 0 saturated carbocycles. The lowest BCUT2D eigenvalue weighted by atomic mass is 10.1. The Morgan fingerprint density at radius 2 is 1.70 bits per heavy atom. The van der Waals surface area contributed by atoms with E-state index in [1.807, 2.05) is 0 Å². The summed E-state index contributed by atoms with van der Waals surface area (Å²) in [6, 6.07) is 9.03. The zero-order chi connectivity index (χ0) is 16.8. The summed E-state index contributed by atoms with van der Waals surface area (Å²) in [6.45, 7) is 0. The van der Waals surface area contributed by atoms with Crippen LogP contribution in [0.3, 0.4) is 0 Å². The Kier molecular flexibility index (Phi) is 5.09. The number of rotatable bonds is 5. The number of aromatic hydroxyl groups is 2. The Morgan fingerprint density at radius 1 is 1.04 bits per heavy atom. The number of hydrogen-bond acceptors (Lipinski definition) is 6. The van der Waals surface area contributed by atoms with Gasteiger partial charge in [0, 0.05) is 12.1 Å². The van der Waals surface area contributed by atoms with Crippen LogP contribution in [0.1, 0.15) is 5.56 Å².